The first-order valence-electron chi connectivity index (χ1n) is 4.86. The second-order valence-electron chi connectivity index (χ2n) is 3.32. The summed E-state index contributed by atoms with van der Waals surface area (Å²) in [6.07, 6.45) is -4.85. The topological polar surface area (TPSA) is 162 Å². The first-order chi connectivity index (χ1) is 7.49. The van der Waals surface area contributed by atoms with Crippen molar-refractivity contribution >= 4 is 0 Å². The number of aliphatic hydroxyl groups is 5. The summed E-state index contributed by atoms with van der Waals surface area (Å²) in [6.45, 7) is 0.00199. The Morgan fingerprint density at radius 3 is 1.94 bits per heavy atom. The van der Waals surface area contributed by atoms with Gasteiger partial charge in [-0.15, -0.1) is 0 Å². The molecule has 0 aromatic heterocycles. The predicted octanol–water partition coefficient (Wildman–Crippen LogP) is -4.32. The summed E-state index contributed by atoms with van der Waals surface area (Å²) in [5.41, 5.74) is 10.0. The molecular formula is C8H20N2O6. The van der Waals surface area contributed by atoms with Crippen LogP contribution in [-0.4, -0.2) is 75.9 Å². The summed E-state index contributed by atoms with van der Waals surface area (Å²) in [5.74, 6) is 0. The average Bonchev–Trinajstić information content (AvgIpc) is 2.31. The van der Waals surface area contributed by atoms with Gasteiger partial charge in [-0.1, -0.05) is 0 Å². The van der Waals surface area contributed by atoms with Crippen molar-refractivity contribution in [1.82, 2.24) is 0 Å². The summed E-state index contributed by atoms with van der Waals surface area (Å²) in [4.78, 5) is 0. The third-order valence-electron chi connectivity index (χ3n) is 2.08. The fourth-order valence-corrected chi connectivity index (χ4v) is 1.12. The van der Waals surface area contributed by atoms with Crippen molar-refractivity contribution < 1.29 is 30.3 Å². The van der Waals surface area contributed by atoms with E-state index in [2.05, 4.69) is 0 Å². The van der Waals surface area contributed by atoms with Crippen LogP contribution in [0.3, 0.4) is 0 Å². The third-order valence-corrected chi connectivity index (χ3v) is 2.08. The van der Waals surface area contributed by atoms with E-state index in [1.807, 2.05) is 0 Å². The van der Waals surface area contributed by atoms with E-state index in [9.17, 15) is 10.2 Å². The van der Waals surface area contributed by atoms with Crippen molar-refractivity contribution in [3.05, 3.63) is 0 Å². The fourth-order valence-electron chi connectivity index (χ4n) is 1.12. The van der Waals surface area contributed by atoms with Crippen molar-refractivity contribution in [2.75, 3.05) is 19.8 Å². The van der Waals surface area contributed by atoms with Gasteiger partial charge in [0.1, 0.15) is 18.3 Å². The molecular weight excluding hydrogens is 220 g/mol. The first-order valence-corrected chi connectivity index (χ1v) is 4.86. The first kappa shape index (κ1) is 15.7. The number of aliphatic hydroxyl groups excluding tert-OH is 5. The maximum absolute atomic E-state index is 9.20. The molecule has 0 saturated carbocycles. The highest BCUT2D eigenvalue weighted by Crippen LogP contribution is 2.17. The molecule has 0 radical (unpaired) electrons. The molecule has 0 aliphatic carbocycles. The van der Waals surface area contributed by atoms with Crippen LogP contribution in [-0.2, 0) is 4.74 Å². The molecule has 0 unspecified atom stereocenters. The summed E-state index contributed by atoms with van der Waals surface area (Å²) in [7, 11) is 0. The van der Waals surface area contributed by atoms with Gasteiger partial charge in [-0.05, 0) is 0 Å². The SMILES string of the molecule is NCCO.N[C@@H]1[C@@H](O)[C@H](O)[C@@H](CO)O[C@H]1O. The molecule has 0 aromatic carbocycles. The molecule has 16 heavy (non-hydrogen) atoms. The van der Waals surface area contributed by atoms with Crippen LogP contribution in [0.1, 0.15) is 0 Å². The second kappa shape index (κ2) is 7.87. The minimum absolute atomic E-state index is 0.0972. The molecule has 8 nitrogen and oxygen atoms in total. The smallest absolute Gasteiger partial charge is 0.173 e. The van der Waals surface area contributed by atoms with Crippen molar-refractivity contribution in [3.63, 3.8) is 0 Å². The zero-order valence-corrected chi connectivity index (χ0v) is 8.81. The van der Waals surface area contributed by atoms with Crippen molar-refractivity contribution in [2.24, 2.45) is 11.5 Å². The third kappa shape index (κ3) is 4.28. The molecule has 9 N–H and O–H groups in total. The van der Waals surface area contributed by atoms with Gasteiger partial charge < -0.3 is 41.7 Å². The monoisotopic (exact) mass is 240 g/mol. The van der Waals surface area contributed by atoms with Crippen LogP contribution in [0, 0.1) is 0 Å². The predicted molar refractivity (Wildman–Crippen MR) is 54.1 cm³/mol. The maximum Gasteiger partial charge on any atom is 0.173 e. The minimum Gasteiger partial charge on any atom is -0.395 e. The van der Waals surface area contributed by atoms with Gasteiger partial charge >= 0.3 is 0 Å². The lowest BCUT2D eigenvalue weighted by molar-refractivity contribution is -0.248. The number of nitrogens with two attached hydrogens (primary N) is 2. The van der Waals surface area contributed by atoms with Crippen LogP contribution in [0.5, 0.6) is 0 Å². The summed E-state index contributed by atoms with van der Waals surface area (Å²) < 4.78 is 4.70. The molecule has 1 rings (SSSR count). The molecule has 1 fully saturated rings. The molecule has 0 aromatic rings. The van der Waals surface area contributed by atoms with Gasteiger partial charge in [0.2, 0.25) is 0 Å². The molecule has 0 spiro atoms. The zero-order chi connectivity index (χ0) is 12.7. The molecule has 0 amide bonds. The second-order valence-corrected chi connectivity index (χ2v) is 3.32. The normalized spacial score (nSPS) is 38.8. The van der Waals surface area contributed by atoms with E-state index in [1.54, 1.807) is 0 Å². The highest BCUT2D eigenvalue weighted by molar-refractivity contribution is 4.90. The van der Waals surface area contributed by atoms with Crippen LogP contribution in [0.15, 0.2) is 0 Å². The zero-order valence-electron chi connectivity index (χ0n) is 8.81. The van der Waals surface area contributed by atoms with Crippen molar-refractivity contribution in [3.8, 4) is 0 Å². The molecule has 1 aliphatic rings. The van der Waals surface area contributed by atoms with E-state index in [1.165, 1.54) is 0 Å². The number of hydrogen-bond donors (Lipinski definition) is 7. The van der Waals surface area contributed by atoms with Crippen LogP contribution in [0.25, 0.3) is 0 Å². The van der Waals surface area contributed by atoms with E-state index in [0.29, 0.717) is 6.54 Å². The lowest BCUT2D eigenvalue weighted by atomic mass is 9.98. The van der Waals surface area contributed by atoms with Gasteiger partial charge in [-0.2, -0.15) is 0 Å². The molecule has 1 aliphatic heterocycles. The highest BCUT2D eigenvalue weighted by atomic mass is 16.6. The maximum atomic E-state index is 9.20. The standard InChI is InChI=1S/C6H13NO5.C2H7NO/c7-3-5(10)4(9)2(1-8)12-6(3)11;3-1-2-4/h2-6,8-11H,1,7H2;4H,1-3H2/t2-,3-,4-,5-,6-;/m1./s1. The van der Waals surface area contributed by atoms with E-state index >= 15 is 0 Å². The van der Waals surface area contributed by atoms with E-state index < -0.39 is 37.3 Å². The lowest BCUT2D eigenvalue weighted by Crippen LogP contribution is -2.61. The van der Waals surface area contributed by atoms with Gasteiger partial charge in [0.25, 0.3) is 0 Å². The van der Waals surface area contributed by atoms with Gasteiger partial charge in [0.15, 0.2) is 6.29 Å². The van der Waals surface area contributed by atoms with Gasteiger partial charge in [-0.3, -0.25) is 0 Å². The highest BCUT2D eigenvalue weighted by Gasteiger charge is 2.41. The molecule has 5 atom stereocenters. The van der Waals surface area contributed by atoms with E-state index in [4.69, 9.17) is 31.5 Å². The summed E-state index contributed by atoms with van der Waals surface area (Å²) >= 11 is 0. The molecule has 98 valence electrons. The van der Waals surface area contributed by atoms with Gasteiger partial charge in [-0.25, -0.2) is 0 Å². The van der Waals surface area contributed by atoms with Gasteiger partial charge in [0, 0.05) is 6.54 Å². The number of ether oxygens (including phenoxy) is 1. The largest absolute Gasteiger partial charge is 0.395 e. The van der Waals surface area contributed by atoms with Crippen LogP contribution in [0.2, 0.25) is 0 Å². The number of rotatable bonds is 2. The van der Waals surface area contributed by atoms with Gasteiger partial charge in [0.05, 0.1) is 19.3 Å². The molecule has 1 saturated heterocycles. The summed E-state index contributed by atoms with van der Waals surface area (Å²) in [6, 6.07) is -1.04. The minimum atomic E-state index is -1.35. The van der Waals surface area contributed by atoms with Crippen LogP contribution in [0.4, 0.5) is 0 Å². The Bertz CT molecular complexity index is 177. The Kier molecular flexibility index (Phi) is 7.72. The Labute approximate surface area is 93.1 Å². The molecule has 8 heteroatoms. The Morgan fingerprint density at radius 2 is 1.56 bits per heavy atom. The van der Waals surface area contributed by atoms with Crippen LogP contribution < -0.4 is 11.5 Å². The van der Waals surface area contributed by atoms with E-state index in [-0.39, 0.29) is 6.61 Å². The quantitative estimate of drug-likeness (QED) is 0.255. The average molecular weight is 240 g/mol. The number of hydrogen-bond acceptors (Lipinski definition) is 8. The Morgan fingerprint density at radius 1 is 1.06 bits per heavy atom. The Hall–Kier alpha value is -0.320. The molecule has 0 bridgehead atoms. The lowest BCUT2D eigenvalue weighted by Gasteiger charge is -2.38. The molecule has 1 heterocycles. The van der Waals surface area contributed by atoms with Crippen molar-refractivity contribution in [1.29, 1.82) is 0 Å². The summed E-state index contributed by atoms with van der Waals surface area (Å²) in [5, 5.41) is 43.8. The van der Waals surface area contributed by atoms with Crippen LogP contribution >= 0.6 is 0 Å². The Balaban J connectivity index is 0.000000487. The van der Waals surface area contributed by atoms with E-state index in [0.717, 1.165) is 0 Å². The van der Waals surface area contributed by atoms with Crippen molar-refractivity contribution in [2.45, 2.75) is 30.6 Å². The fraction of sp³-hybridized carbons (Fsp3) is 1.00.